The average molecular weight is 355 g/mol. The minimum absolute atomic E-state index is 0.0313. The van der Waals surface area contributed by atoms with Crippen LogP contribution in [0.1, 0.15) is 36.4 Å². The van der Waals surface area contributed by atoms with Crippen LogP contribution < -0.4 is 10.1 Å². The number of hydrogen-bond acceptors (Lipinski definition) is 3. The summed E-state index contributed by atoms with van der Waals surface area (Å²) in [5.74, 6) is 1.11. The number of ketones is 1. The number of hydrogen-bond donors (Lipinski definition) is 1. The highest BCUT2D eigenvalue weighted by Crippen LogP contribution is 2.47. The van der Waals surface area contributed by atoms with Crippen molar-refractivity contribution in [2.45, 2.75) is 25.3 Å². The molecule has 0 amide bonds. The van der Waals surface area contributed by atoms with Crippen molar-refractivity contribution >= 4 is 27.8 Å². The fraction of sp³-hybridized carbons (Fsp3) is 0.208. The Labute approximate surface area is 158 Å². The van der Waals surface area contributed by atoms with E-state index in [0.717, 1.165) is 46.4 Å². The van der Waals surface area contributed by atoms with Gasteiger partial charge < -0.3 is 10.1 Å². The molecule has 134 valence electrons. The molecule has 5 rings (SSSR count). The second-order valence-corrected chi connectivity index (χ2v) is 7.24. The normalized spacial score (nSPS) is 18.7. The van der Waals surface area contributed by atoms with Crippen LogP contribution in [0, 0.1) is 0 Å². The molecule has 3 aromatic carbocycles. The van der Waals surface area contributed by atoms with Crippen molar-refractivity contribution in [2.75, 3.05) is 12.4 Å². The molecule has 3 nitrogen and oxygen atoms in total. The molecule has 0 aromatic heterocycles. The Kier molecular flexibility index (Phi) is 3.75. The van der Waals surface area contributed by atoms with Gasteiger partial charge in [0.1, 0.15) is 5.75 Å². The highest BCUT2D eigenvalue weighted by atomic mass is 16.5. The summed E-state index contributed by atoms with van der Waals surface area (Å²) in [7, 11) is 1.68. The number of benzene rings is 3. The fourth-order valence-electron chi connectivity index (χ4n) is 4.44. The van der Waals surface area contributed by atoms with E-state index in [4.69, 9.17) is 4.74 Å². The summed E-state index contributed by atoms with van der Waals surface area (Å²) < 4.78 is 5.30. The molecule has 0 saturated heterocycles. The van der Waals surface area contributed by atoms with Crippen LogP contribution in [0.25, 0.3) is 16.3 Å². The maximum absolute atomic E-state index is 13.0. The third-order valence-electron chi connectivity index (χ3n) is 5.73. The molecule has 1 aliphatic carbocycles. The number of anilines is 1. The molecule has 0 radical (unpaired) electrons. The molecule has 2 aliphatic rings. The van der Waals surface area contributed by atoms with Crippen LogP contribution >= 0.6 is 0 Å². The van der Waals surface area contributed by atoms with Crippen molar-refractivity contribution in [1.29, 1.82) is 0 Å². The molecular weight excluding hydrogens is 334 g/mol. The molecule has 1 aliphatic heterocycles. The molecule has 0 bridgehead atoms. The van der Waals surface area contributed by atoms with E-state index in [2.05, 4.69) is 41.7 Å². The van der Waals surface area contributed by atoms with Gasteiger partial charge in [0.2, 0.25) is 0 Å². The molecule has 1 atom stereocenters. The van der Waals surface area contributed by atoms with Gasteiger partial charge in [-0.05, 0) is 52.9 Å². The van der Waals surface area contributed by atoms with Crippen LogP contribution in [0.4, 0.5) is 5.69 Å². The molecule has 1 N–H and O–H groups in total. The minimum atomic E-state index is 0.0313. The highest BCUT2D eigenvalue weighted by molar-refractivity contribution is 6.27. The van der Waals surface area contributed by atoms with E-state index >= 15 is 0 Å². The highest BCUT2D eigenvalue weighted by Gasteiger charge is 2.34. The monoisotopic (exact) mass is 355 g/mol. The number of carbonyl (C=O) groups is 1. The van der Waals surface area contributed by atoms with Gasteiger partial charge in [-0.25, -0.2) is 0 Å². The number of carbonyl (C=O) groups excluding carboxylic acids is 1. The fourth-order valence-corrected chi connectivity index (χ4v) is 4.44. The quantitative estimate of drug-likeness (QED) is 0.657. The third-order valence-corrected chi connectivity index (χ3v) is 5.73. The van der Waals surface area contributed by atoms with E-state index in [0.29, 0.717) is 6.42 Å². The Balaban J connectivity index is 1.74. The lowest BCUT2D eigenvalue weighted by Crippen LogP contribution is -2.25. The van der Waals surface area contributed by atoms with Gasteiger partial charge in [-0.15, -0.1) is 0 Å². The van der Waals surface area contributed by atoms with Crippen molar-refractivity contribution in [3.8, 4) is 5.75 Å². The van der Waals surface area contributed by atoms with E-state index in [1.807, 2.05) is 24.3 Å². The Morgan fingerprint density at radius 3 is 2.59 bits per heavy atom. The topological polar surface area (TPSA) is 38.3 Å². The summed E-state index contributed by atoms with van der Waals surface area (Å²) in [4.78, 5) is 13.0. The Morgan fingerprint density at radius 1 is 0.963 bits per heavy atom. The number of Topliss-reactive ketones (excluding diaryl/α,β-unsaturated/α-hetero) is 1. The van der Waals surface area contributed by atoms with Crippen LogP contribution in [-0.2, 0) is 4.79 Å². The zero-order chi connectivity index (χ0) is 18.4. The third kappa shape index (κ3) is 2.54. The number of rotatable bonds is 2. The smallest absolute Gasteiger partial charge is 0.163 e. The maximum atomic E-state index is 13.0. The number of fused-ring (bicyclic) bond motifs is 4. The van der Waals surface area contributed by atoms with Gasteiger partial charge in [0, 0.05) is 23.2 Å². The summed E-state index contributed by atoms with van der Waals surface area (Å²) in [6, 6.07) is 20.7. The molecular formula is C24H21NO2. The Hall–Kier alpha value is -3.07. The summed E-state index contributed by atoms with van der Waals surface area (Å²) in [6.07, 6.45) is 2.51. The number of nitrogens with one attached hydrogen (secondary N) is 1. The molecule has 0 spiro atoms. The van der Waals surface area contributed by atoms with Crippen LogP contribution in [0.5, 0.6) is 5.75 Å². The van der Waals surface area contributed by atoms with E-state index in [1.54, 1.807) is 7.11 Å². The first-order valence-electron chi connectivity index (χ1n) is 9.45. The van der Waals surface area contributed by atoms with E-state index in [-0.39, 0.29) is 11.8 Å². The van der Waals surface area contributed by atoms with Crippen molar-refractivity contribution in [3.05, 3.63) is 77.4 Å². The lowest BCUT2D eigenvalue weighted by molar-refractivity contribution is -0.114. The maximum Gasteiger partial charge on any atom is 0.163 e. The first-order chi connectivity index (χ1) is 13.3. The standard InChI is InChI=1S/C24H21NO2/c1-27-17-12-9-16(10-13-17)24-19-7-4-8-21(26)23(19)22-18-6-3-2-5-15(18)11-14-20(22)25-24/h2-3,5-6,9-14,24-25H,4,7-8H2,1H3/t24-/m0/s1. The lowest BCUT2D eigenvalue weighted by atomic mass is 9.77. The Morgan fingerprint density at radius 2 is 1.78 bits per heavy atom. The summed E-state index contributed by atoms with van der Waals surface area (Å²) in [5.41, 5.74) is 5.45. The van der Waals surface area contributed by atoms with Gasteiger partial charge >= 0.3 is 0 Å². The first-order valence-corrected chi connectivity index (χ1v) is 9.45. The largest absolute Gasteiger partial charge is 0.497 e. The number of methoxy groups -OCH3 is 1. The molecule has 0 fully saturated rings. The number of ether oxygens (including phenoxy) is 1. The molecule has 0 unspecified atom stereocenters. The van der Waals surface area contributed by atoms with Crippen LogP contribution in [0.15, 0.2) is 66.2 Å². The first kappa shape index (κ1) is 16.1. The summed E-state index contributed by atoms with van der Waals surface area (Å²) >= 11 is 0. The van der Waals surface area contributed by atoms with Gasteiger partial charge in [0.25, 0.3) is 0 Å². The van der Waals surface area contributed by atoms with Gasteiger partial charge in [0.15, 0.2) is 5.78 Å². The predicted octanol–water partition coefficient (Wildman–Crippen LogP) is 5.52. The van der Waals surface area contributed by atoms with E-state index in [9.17, 15) is 4.79 Å². The summed E-state index contributed by atoms with van der Waals surface area (Å²) in [5, 5.41) is 6.04. The summed E-state index contributed by atoms with van der Waals surface area (Å²) in [6.45, 7) is 0. The van der Waals surface area contributed by atoms with Gasteiger partial charge in [-0.2, -0.15) is 0 Å². The second-order valence-electron chi connectivity index (χ2n) is 7.24. The lowest BCUT2D eigenvalue weighted by Gasteiger charge is -2.35. The molecule has 3 heteroatoms. The average Bonchev–Trinajstić information content (AvgIpc) is 2.73. The molecule has 1 heterocycles. The van der Waals surface area contributed by atoms with Gasteiger partial charge in [-0.3, -0.25) is 4.79 Å². The van der Waals surface area contributed by atoms with E-state index in [1.165, 1.54) is 11.0 Å². The zero-order valence-electron chi connectivity index (χ0n) is 15.3. The van der Waals surface area contributed by atoms with Gasteiger partial charge in [0.05, 0.1) is 13.2 Å². The molecule has 0 saturated carbocycles. The predicted molar refractivity (Wildman–Crippen MR) is 109 cm³/mol. The van der Waals surface area contributed by atoms with Crippen molar-refractivity contribution in [2.24, 2.45) is 0 Å². The van der Waals surface area contributed by atoms with Crippen LogP contribution in [-0.4, -0.2) is 12.9 Å². The number of allylic oxidation sites excluding steroid dienone is 1. The van der Waals surface area contributed by atoms with E-state index < -0.39 is 0 Å². The van der Waals surface area contributed by atoms with Crippen molar-refractivity contribution < 1.29 is 9.53 Å². The Bertz CT molecular complexity index is 1080. The second kappa shape index (κ2) is 6.27. The molecule has 27 heavy (non-hydrogen) atoms. The van der Waals surface area contributed by atoms with Crippen molar-refractivity contribution in [3.63, 3.8) is 0 Å². The zero-order valence-corrected chi connectivity index (χ0v) is 15.3. The van der Waals surface area contributed by atoms with Crippen LogP contribution in [0.3, 0.4) is 0 Å². The van der Waals surface area contributed by atoms with Crippen molar-refractivity contribution in [1.82, 2.24) is 0 Å². The van der Waals surface area contributed by atoms with Crippen LogP contribution in [0.2, 0.25) is 0 Å². The molecule has 3 aromatic rings. The van der Waals surface area contributed by atoms with Gasteiger partial charge in [-0.1, -0.05) is 42.5 Å². The SMILES string of the molecule is COc1ccc([C@@H]2Nc3ccc4ccccc4c3C3=C2CCCC3=O)cc1. The minimum Gasteiger partial charge on any atom is -0.497 e.